The van der Waals surface area contributed by atoms with E-state index in [-0.39, 0.29) is 0 Å². The minimum absolute atomic E-state index is 0.450. The summed E-state index contributed by atoms with van der Waals surface area (Å²) in [7, 11) is 0. The first-order valence-electron chi connectivity index (χ1n) is 9.13. The molecule has 126 valence electrons. The molecular formula is C21H36O. The van der Waals surface area contributed by atoms with Crippen molar-refractivity contribution in [1.82, 2.24) is 0 Å². The number of phenols is 1. The van der Waals surface area contributed by atoms with Gasteiger partial charge in [0.25, 0.3) is 0 Å². The number of benzene rings is 1. The quantitative estimate of drug-likeness (QED) is 0.579. The molecule has 0 amide bonds. The summed E-state index contributed by atoms with van der Waals surface area (Å²) < 4.78 is 0. The molecule has 1 nitrogen and oxygen atoms in total. The van der Waals surface area contributed by atoms with Crippen molar-refractivity contribution in [1.29, 1.82) is 0 Å². The largest absolute Gasteiger partial charge is 0.508 e. The van der Waals surface area contributed by atoms with E-state index < -0.39 is 0 Å². The molecule has 0 aliphatic heterocycles. The van der Waals surface area contributed by atoms with Crippen molar-refractivity contribution in [3.8, 4) is 5.75 Å². The van der Waals surface area contributed by atoms with Crippen LogP contribution in [-0.2, 0) is 19.3 Å². The van der Waals surface area contributed by atoms with Crippen LogP contribution >= 0.6 is 0 Å². The van der Waals surface area contributed by atoms with E-state index in [0.717, 1.165) is 25.2 Å². The molecule has 1 N–H and O–H groups in total. The van der Waals surface area contributed by atoms with Crippen LogP contribution in [0.25, 0.3) is 0 Å². The van der Waals surface area contributed by atoms with Crippen LogP contribution in [0.4, 0.5) is 0 Å². The fourth-order valence-electron chi connectivity index (χ4n) is 2.87. The topological polar surface area (TPSA) is 20.2 Å². The van der Waals surface area contributed by atoms with Gasteiger partial charge in [0.1, 0.15) is 5.75 Å². The zero-order valence-electron chi connectivity index (χ0n) is 15.6. The molecule has 1 aromatic carbocycles. The van der Waals surface area contributed by atoms with Gasteiger partial charge in [0.2, 0.25) is 0 Å². The maximum Gasteiger partial charge on any atom is 0.116 e. The molecule has 0 saturated carbocycles. The molecule has 22 heavy (non-hydrogen) atoms. The Morgan fingerprint density at radius 2 is 1.05 bits per heavy atom. The molecule has 0 aliphatic carbocycles. The minimum atomic E-state index is 0.450. The first kappa shape index (κ1) is 19.1. The zero-order chi connectivity index (χ0) is 16.7. The highest BCUT2D eigenvalue weighted by Gasteiger charge is 2.13. The van der Waals surface area contributed by atoms with E-state index in [1.165, 1.54) is 36.0 Å². The van der Waals surface area contributed by atoms with Gasteiger partial charge >= 0.3 is 0 Å². The van der Waals surface area contributed by atoms with Gasteiger partial charge in [-0.05, 0) is 85.1 Å². The van der Waals surface area contributed by atoms with E-state index in [1.54, 1.807) is 0 Å². The van der Waals surface area contributed by atoms with Gasteiger partial charge in [0.15, 0.2) is 0 Å². The van der Waals surface area contributed by atoms with E-state index in [4.69, 9.17) is 0 Å². The Hall–Kier alpha value is -0.980. The van der Waals surface area contributed by atoms with Gasteiger partial charge in [0.05, 0.1) is 0 Å². The molecule has 0 saturated heterocycles. The highest BCUT2D eigenvalue weighted by Crippen LogP contribution is 2.28. The first-order chi connectivity index (χ1) is 10.3. The molecule has 0 atom stereocenters. The molecule has 0 spiro atoms. The Balaban J connectivity index is 3.04. The Morgan fingerprint density at radius 1 is 0.682 bits per heavy atom. The van der Waals surface area contributed by atoms with Crippen LogP contribution in [0.1, 0.15) is 77.5 Å². The molecule has 1 aromatic rings. The van der Waals surface area contributed by atoms with Crippen LogP contribution in [0, 0.1) is 17.8 Å². The molecule has 0 heterocycles. The van der Waals surface area contributed by atoms with Gasteiger partial charge in [-0.25, -0.2) is 0 Å². The van der Waals surface area contributed by atoms with Crippen molar-refractivity contribution in [3.05, 3.63) is 28.8 Å². The second kappa shape index (κ2) is 9.22. The third-order valence-corrected chi connectivity index (χ3v) is 4.37. The maximum absolute atomic E-state index is 10.1. The van der Waals surface area contributed by atoms with Crippen molar-refractivity contribution >= 4 is 0 Å². The molecule has 0 unspecified atom stereocenters. The Morgan fingerprint density at radius 3 is 1.41 bits per heavy atom. The van der Waals surface area contributed by atoms with E-state index >= 15 is 0 Å². The average Bonchev–Trinajstić information content (AvgIpc) is 2.40. The van der Waals surface area contributed by atoms with Crippen LogP contribution in [0.3, 0.4) is 0 Å². The highest BCUT2D eigenvalue weighted by atomic mass is 16.3. The normalized spacial score (nSPS) is 11.9. The van der Waals surface area contributed by atoms with E-state index in [0.29, 0.717) is 17.6 Å². The third kappa shape index (κ3) is 6.85. The summed E-state index contributed by atoms with van der Waals surface area (Å²) in [5, 5.41) is 10.1. The fourth-order valence-corrected chi connectivity index (χ4v) is 2.87. The Bertz CT molecular complexity index is 410. The van der Waals surface area contributed by atoms with Gasteiger partial charge in [-0.15, -0.1) is 0 Å². The lowest BCUT2D eigenvalue weighted by atomic mass is 9.88. The van der Waals surface area contributed by atoms with Crippen LogP contribution in [0.5, 0.6) is 5.75 Å². The number of hydrogen-bond acceptors (Lipinski definition) is 1. The van der Waals surface area contributed by atoms with Gasteiger partial charge in [-0.3, -0.25) is 0 Å². The highest BCUT2D eigenvalue weighted by molar-refractivity contribution is 5.42. The molecule has 0 radical (unpaired) electrons. The fraction of sp³-hybridized carbons (Fsp3) is 0.714. The summed E-state index contributed by atoms with van der Waals surface area (Å²) >= 11 is 0. The van der Waals surface area contributed by atoms with Gasteiger partial charge in [0, 0.05) is 0 Å². The van der Waals surface area contributed by atoms with Gasteiger partial charge in [-0.2, -0.15) is 0 Å². The molecule has 0 aliphatic rings. The van der Waals surface area contributed by atoms with Crippen LogP contribution in [0.2, 0.25) is 0 Å². The van der Waals surface area contributed by atoms with Gasteiger partial charge < -0.3 is 5.11 Å². The van der Waals surface area contributed by atoms with E-state index in [9.17, 15) is 5.11 Å². The summed E-state index contributed by atoms with van der Waals surface area (Å²) in [6, 6.07) is 4.02. The lowest BCUT2D eigenvalue weighted by Crippen LogP contribution is -2.05. The number of aromatic hydroxyl groups is 1. The predicted molar refractivity (Wildman–Crippen MR) is 97.6 cm³/mol. The number of hydrogen-bond donors (Lipinski definition) is 1. The zero-order valence-corrected chi connectivity index (χ0v) is 15.6. The lowest BCUT2D eigenvalue weighted by molar-refractivity contribution is 0.471. The summed E-state index contributed by atoms with van der Waals surface area (Å²) in [6.07, 6.45) is 6.96. The van der Waals surface area contributed by atoms with Gasteiger partial charge in [-0.1, -0.05) is 41.5 Å². The summed E-state index contributed by atoms with van der Waals surface area (Å²) in [6.45, 7) is 13.7. The predicted octanol–water partition coefficient (Wildman–Crippen LogP) is 6.16. The molecule has 0 bridgehead atoms. The van der Waals surface area contributed by atoms with Crippen LogP contribution < -0.4 is 0 Å². The summed E-state index contributed by atoms with van der Waals surface area (Å²) in [5.41, 5.74) is 4.29. The monoisotopic (exact) mass is 304 g/mol. The average molecular weight is 305 g/mol. The van der Waals surface area contributed by atoms with Crippen molar-refractivity contribution in [2.45, 2.75) is 80.1 Å². The Kier molecular flexibility index (Phi) is 8.00. The molecule has 1 rings (SSSR count). The van der Waals surface area contributed by atoms with Crippen LogP contribution in [0.15, 0.2) is 12.1 Å². The van der Waals surface area contributed by atoms with Crippen molar-refractivity contribution in [2.24, 2.45) is 17.8 Å². The summed E-state index contributed by atoms with van der Waals surface area (Å²) in [4.78, 5) is 0. The standard InChI is InChI=1S/C21H36O/c1-15(2)7-10-18-13-20(22)14-19(11-8-16(3)4)21(18)12-9-17(5)6/h13-17,22H,7-12H2,1-6H3. The second-order valence-corrected chi connectivity index (χ2v) is 8.04. The van der Waals surface area contributed by atoms with E-state index in [2.05, 4.69) is 41.5 Å². The molecule has 0 fully saturated rings. The number of rotatable bonds is 9. The third-order valence-electron chi connectivity index (χ3n) is 4.37. The first-order valence-corrected chi connectivity index (χ1v) is 9.13. The molecule has 0 aromatic heterocycles. The van der Waals surface area contributed by atoms with Crippen LogP contribution in [-0.4, -0.2) is 5.11 Å². The molecule has 1 heteroatoms. The summed E-state index contributed by atoms with van der Waals surface area (Å²) in [5.74, 6) is 2.59. The SMILES string of the molecule is CC(C)CCc1cc(O)cc(CCC(C)C)c1CCC(C)C. The maximum atomic E-state index is 10.1. The molecular weight excluding hydrogens is 268 g/mol. The van der Waals surface area contributed by atoms with Crippen molar-refractivity contribution in [3.63, 3.8) is 0 Å². The second-order valence-electron chi connectivity index (χ2n) is 8.04. The van der Waals surface area contributed by atoms with E-state index in [1.807, 2.05) is 12.1 Å². The Labute approximate surface area is 138 Å². The minimum Gasteiger partial charge on any atom is -0.508 e. The smallest absolute Gasteiger partial charge is 0.116 e. The van der Waals surface area contributed by atoms with Crippen molar-refractivity contribution < 1.29 is 5.11 Å². The number of aryl methyl sites for hydroxylation is 2. The van der Waals surface area contributed by atoms with Crippen molar-refractivity contribution in [2.75, 3.05) is 0 Å². The number of phenolic OH excluding ortho intramolecular Hbond substituents is 1. The lowest BCUT2D eigenvalue weighted by Gasteiger charge is -2.18.